The van der Waals surface area contributed by atoms with E-state index in [0.29, 0.717) is 23.9 Å². The lowest BCUT2D eigenvalue weighted by Gasteiger charge is -2.43. The highest BCUT2D eigenvalue weighted by Crippen LogP contribution is 2.29. The minimum atomic E-state index is 0.388. The second-order valence-corrected chi connectivity index (χ2v) is 6.10. The minimum Gasteiger partial charge on any atom is -0.419 e. The van der Waals surface area contributed by atoms with Crippen LogP contribution in [0, 0.1) is 0 Å². The first-order chi connectivity index (χ1) is 10.9. The number of aromatic nitrogens is 2. The van der Waals surface area contributed by atoms with E-state index in [-0.39, 0.29) is 0 Å². The standard InChI is InChI=1S/C17H21N3O2/c1-2-6-13(7-3-1)17-19-18-16(22-17)12-20-10-11-21-15-9-5-4-8-14(15)20/h1-3,6-7,14-15H,4-5,8-12H2/t14-,15-/m0/s1. The normalized spacial score (nSPS) is 25.8. The van der Waals surface area contributed by atoms with Crippen molar-refractivity contribution in [1.29, 1.82) is 0 Å². The van der Waals surface area contributed by atoms with Gasteiger partial charge in [-0.15, -0.1) is 10.2 Å². The summed E-state index contributed by atoms with van der Waals surface area (Å²) in [6.45, 7) is 2.48. The number of ether oxygens (including phenoxy) is 1. The van der Waals surface area contributed by atoms with E-state index in [9.17, 15) is 0 Å². The number of benzene rings is 1. The lowest BCUT2D eigenvalue weighted by molar-refractivity contribution is -0.0930. The minimum absolute atomic E-state index is 0.388. The lowest BCUT2D eigenvalue weighted by Crippen LogP contribution is -2.52. The summed E-state index contributed by atoms with van der Waals surface area (Å²) in [6, 6.07) is 10.4. The van der Waals surface area contributed by atoms with Crippen LogP contribution in [0.5, 0.6) is 0 Å². The molecule has 2 aliphatic rings. The number of nitrogens with zero attached hydrogens (tertiary/aromatic N) is 3. The van der Waals surface area contributed by atoms with Gasteiger partial charge in [0.05, 0.1) is 19.3 Å². The Morgan fingerprint density at radius 1 is 1.09 bits per heavy atom. The van der Waals surface area contributed by atoms with Crippen LogP contribution in [0.25, 0.3) is 11.5 Å². The molecule has 0 unspecified atom stereocenters. The highest BCUT2D eigenvalue weighted by molar-refractivity contribution is 5.51. The van der Waals surface area contributed by atoms with E-state index in [1.807, 2.05) is 30.3 Å². The number of morpholine rings is 1. The van der Waals surface area contributed by atoms with Gasteiger partial charge in [-0.05, 0) is 25.0 Å². The molecule has 0 N–H and O–H groups in total. The maximum Gasteiger partial charge on any atom is 0.247 e. The first-order valence-electron chi connectivity index (χ1n) is 8.13. The zero-order chi connectivity index (χ0) is 14.8. The van der Waals surface area contributed by atoms with Crippen LogP contribution in [0.15, 0.2) is 34.7 Å². The summed E-state index contributed by atoms with van der Waals surface area (Å²) >= 11 is 0. The fourth-order valence-electron chi connectivity index (χ4n) is 3.56. The van der Waals surface area contributed by atoms with Crippen molar-refractivity contribution in [3.05, 3.63) is 36.2 Å². The Hall–Kier alpha value is -1.72. The molecule has 5 nitrogen and oxygen atoms in total. The van der Waals surface area contributed by atoms with Gasteiger partial charge in [0.25, 0.3) is 0 Å². The van der Waals surface area contributed by atoms with Crippen LogP contribution >= 0.6 is 0 Å². The van der Waals surface area contributed by atoms with Gasteiger partial charge in [-0.3, -0.25) is 4.90 Å². The zero-order valence-corrected chi connectivity index (χ0v) is 12.6. The van der Waals surface area contributed by atoms with Gasteiger partial charge >= 0.3 is 0 Å². The van der Waals surface area contributed by atoms with Gasteiger partial charge in [0.2, 0.25) is 11.8 Å². The van der Waals surface area contributed by atoms with E-state index in [2.05, 4.69) is 15.1 Å². The second kappa shape index (κ2) is 6.18. The molecule has 1 saturated heterocycles. The van der Waals surface area contributed by atoms with Gasteiger partial charge in [-0.2, -0.15) is 0 Å². The molecule has 0 bridgehead atoms. The molecular weight excluding hydrogens is 278 g/mol. The maximum absolute atomic E-state index is 5.92. The molecule has 0 amide bonds. The molecule has 22 heavy (non-hydrogen) atoms. The molecule has 1 saturated carbocycles. The van der Waals surface area contributed by atoms with Crippen molar-refractivity contribution in [3.8, 4) is 11.5 Å². The Kier molecular flexibility index (Phi) is 3.91. The van der Waals surface area contributed by atoms with Crippen LogP contribution in [-0.4, -0.2) is 40.4 Å². The third-order valence-corrected chi connectivity index (χ3v) is 4.67. The summed E-state index contributed by atoms with van der Waals surface area (Å²) < 4.78 is 11.8. The van der Waals surface area contributed by atoms with Crippen LogP contribution in [0.1, 0.15) is 31.6 Å². The van der Waals surface area contributed by atoms with Crippen molar-refractivity contribution >= 4 is 0 Å². The van der Waals surface area contributed by atoms with Crippen LogP contribution in [0.3, 0.4) is 0 Å². The smallest absolute Gasteiger partial charge is 0.247 e. The number of rotatable bonds is 3. The van der Waals surface area contributed by atoms with Gasteiger partial charge in [0, 0.05) is 18.2 Å². The lowest BCUT2D eigenvalue weighted by atomic mass is 9.90. The Bertz CT molecular complexity index is 611. The Labute approximate surface area is 130 Å². The third-order valence-electron chi connectivity index (χ3n) is 4.67. The van der Waals surface area contributed by atoms with E-state index >= 15 is 0 Å². The zero-order valence-electron chi connectivity index (χ0n) is 12.6. The first-order valence-corrected chi connectivity index (χ1v) is 8.13. The predicted octanol–water partition coefficient (Wildman–Crippen LogP) is 2.88. The van der Waals surface area contributed by atoms with E-state index in [1.54, 1.807) is 0 Å². The van der Waals surface area contributed by atoms with Crippen molar-refractivity contribution in [3.63, 3.8) is 0 Å². The topological polar surface area (TPSA) is 51.4 Å². The summed E-state index contributed by atoms with van der Waals surface area (Å²) in [7, 11) is 0. The number of fused-ring (bicyclic) bond motifs is 1. The monoisotopic (exact) mass is 299 g/mol. The van der Waals surface area contributed by atoms with Gasteiger partial charge in [0.15, 0.2) is 0 Å². The molecule has 1 aromatic carbocycles. The fourth-order valence-corrected chi connectivity index (χ4v) is 3.56. The average molecular weight is 299 g/mol. The quantitative estimate of drug-likeness (QED) is 0.872. The van der Waals surface area contributed by atoms with E-state index in [4.69, 9.17) is 9.15 Å². The molecule has 2 fully saturated rings. The van der Waals surface area contributed by atoms with Crippen LogP contribution < -0.4 is 0 Å². The largest absolute Gasteiger partial charge is 0.419 e. The SMILES string of the molecule is c1ccc(-c2nnc(CN3CCO[C@H]4CCCC[C@@H]43)o2)cc1. The van der Waals surface area contributed by atoms with Crippen molar-refractivity contribution in [2.75, 3.05) is 13.2 Å². The van der Waals surface area contributed by atoms with Crippen LogP contribution in [0.2, 0.25) is 0 Å². The molecule has 116 valence electrons. The van der Waals surface area contributed by atoms with Crippen molar-refractivity contribution in [2.45, 2.75) is 44.4 Å². The van der Waals surface area contributed by atoms with Gasteiger partial charge < -0.3 is 9.15 Å². The van der Waals surface area contributed by atoms with Gasteiger partial charge in [-0.25, -0.2) is 0 Å². The first kappa shape index (κ1) is 13.9. The Morgan fingerprint density at radius 2 is 1.95 bits per heavy atom. The van der Waals surface area contributed by atoms with E-state index < -0.39 is 0 Å². The van der Waals surface area contributed by atoms with Crippen LogP contribution in [0.4, 0.5) is 0 Å². The molecular formula is C17H21N3O2. The highest BCUT2D eigenvalue weighted by atomic mass is 16.5. The van der Waals surface area contributed by atoms with Crippen molar-refractivity contribution in [1.82, 2.24) is 15.1 Å². The fraction of sp³-hybridized carbons (Fsp3) is 0.529. The number of hydrogen-bond donors (Lipinski definition) is 0. The molecule has 0 spiro atoms. The third kappa shape index (κ3) is 2.78. The summed E-state index contributed by atoms with van der Waals surface area (Å²) in [5, 5.41) is 8.41. The highest BCUT2D eigenvalue weighted by Gasteiger charge is 2.34. The molecule has 1 aliphatic carbocycles. The molecule has 5 heteroatoms. The predicted molar refractivity (Wildman–Crippen MR) is 82.1 cm³/mol. The Balaban J connectivity index is 1.48. The summed E-state index contributed by atoms with van der Waals surface area (Å²) in [5.41, 5.74) is 0.971. The van der Waals surface area contributed by atoms with Gasteiger partial charge in [0.1, 0.15) is 0 Å². The molecule has 2 atom stereocenters. The average Bonchev–Trinajstić information content (AvgIpc) is 3.05. The summed E-state index contributed by atoms with van der Waals surface area (Å²) in [6.07, 6.45) is 5.36. The summed E-state index contributed by atoms with van der Waals surface area (Å²) in [5.74, 6) is 1.30. The molecule has 1 aliphatic heterocycles. The van der Waals surface area contributed by atoms with Crippen molar-refractivity contribution in [2.24, 2.45) is 0 Å². The molecule has 2 aromatic rings. The maximum atomic E-state index is 5.92. The van der Waals surface area contributed by atoms with Crippen LogP contribution in [-0.2, 0) is 11.3 Å². The molecule has 2 heterocycles. The summed E-state index contributed by atoms with van der Waals surface area (Å²) in [4.78, 5) is 2.45. The molecule has 1 aromatic heterocycles. The van der Waals surface area contributed by atoms with E-state index in [1.165, 1.54) is 25.7 Å². The number of hydrogen-bond acceptors (Lipinski definition) is 5. The molecule has 0 radical (unpaired) electrons. The molecule has 4 rings (SSSR count). The van der Waals surface area contributed by atoms with E-state index in [0.717, 1.165) is 25.3 Å². The van der Waals surface area contributed by atoms with Gasteiger partial charge in [-0.1, -0.05) is 31.0 Å². The van der Waals surface area contributed by atoms with Crippen molar-refractivity contribution < 1.29 is 9.15 Å². The Morgan fingerprint density at radius 3 is 2.86 bits per heavy atom. The second-order valence-electron chi connectivity index (χ2n) is 6.10.